The highest BCUT2D eigenvalue weighted by Crippen LogP contribution is 2.29. The standard InChI is InChI=1S/C30H30FN3O3/c1-37-26-6-4-5-22(17-26)30(36)34(25-13-14-25)20-29(35)33(19-21-9-11-24(31)12-10-21)16-15-23-18-32-28-8-3-2-7-27(23)28/h2-12,17-18,25,32H,13-16,19-20H2,1H3. The fourth-order valence-electron chi connectivity index (χ4n) is 4.62. The topological polar surface area (TPSA) is 65.6 Å². The van der Waals surface area contributed by atoms with Crippen LogP contribution >= 0.6 is 0 Å². The molecule has 0 radical (unpaired) electrons. The van der Waals surface area contributed by atoms with Gasteiger partial charge in [0, 0.05) is 41.8 Å². The molecule has 1 saturated carbocycles. The zero-order chi connectivity index (χ0) is 25.8. The number of hydrogen-bond acceptors (Lipinski definition) is 3. The number of fused-ring (bicyclic) bond motifs is 1. The average Bonchev–Trinajstić information content (AvgIpc) is 3.69. The van der Waals surface area contributed by atoms with Gasteiger partial charge in [-0.1, -0.05) is 36.4 Å². The molecule has 3 aromatic carbocycles. The van der Waals surface area contributed by atoms with E-state index >= 15 is 0 Å². The number of amides is 2. The zero-order valence-electron chi connectivity index (χ0n) is 20.8. The minimum Gasteiger partial charge on any atom is -0.497 e. The van der Waals surface area contributed by atoms with Crippen molar-refractivity contribution in [1.29, 1.82) is 0 Å². The van der Waals surface area contributed by atoms with Gasteiger partial charge in [0.05, 0.1) is 7.11 Å². The summed E-state index contributed by atoms with van der Waals surface area (Å²) >= 11 is 0. The third-order valence-corrected chi connectivity index (χ3v) is 6.84. The van der Waals surface area contributed by atoms with Crippen molar-refractivity contribution in [2.75, 3.05) is 20.2 Å². The van der Waals surface area contributed by atoms with Gasteiger partial charge in [0.1, 0.15) is 18.1 Å². The first-order chi connectivity index (χ1) is 18.0. The van der Waals surface area contributed by atoms with Crippen LogP contribution in [0.1, 0.15) is 34.3 Å². The van der Waals surface area contributed by atoms with E-state index in [0.29, 0.717) is 30.8 Å². The number of para-hydroxylation sites is 1. The number of methoxy groups -OCH3 is 1. The minimum atomic E-state index is -0.316. The lowest BCUT2D eigenvalue weighted by atomic mass is 10.1. The third kappa shape index (κ3) is 5.82. The molecule has 0 spiro atoms. The van der Waals surface area contributed by atoms with Gasteiger partial charge in [0.2, 0.25) is 5.91 Å². The summed E-state index contributed by atoms with van der Waals surface area (Å²) in [7, 11) is 1.56. The van der Waals surface area contributed by atoms with Crippen molar-refractivity contribution in [3.8, 4) is 5.75 Å². The van der Waals surface area contributed by atoms with E-state index in [0.717, 1.165) is 34.9 Å². The number of aromatic amines is 1. The van der Waals surface area contributed by atoms with Crippen molar-refractivity contribution < 1.29 is 18.7 Å². The van der Waals surface area contributed by atoms with Crippen LogP contribution in [-0.4, -0.2) is 52.8 Å². The Bertz CT molecular complexity index is 1390. The third-order valence-electron chi connectivity index (χ3n) is 6.84. The largest absolute Gasteiger partial charge is 0.497 e. The van der Waals surface area contributed by atoms with Gasteiger partial charge in [-0.3, -0.25) is 9.59 Å². The Morgan fingerprint density at radius 2 is 1.81 bits per heavy atom. The molecular formula is C30H30FN3O3. The fraction of sp³-hybridized carbons (Fsp3) is 0.267. The van der Waals surface area contributed by atoms with Crippen LogP contribution in [0.4, 0.5) is 4.39 Å². The number of carbonyl (C=O) groups is 2. The number of carbonyl (C=O) groups excluding carboxylic acids is 2. The average molecular weight is 500 g/mol. The van der Waals surface area contributed by atoms with E-state index in [1.807, 2.05) is 24.4 Å². The molecule has 4 aromatic rings. The first kappa shape index (κ1) is 24.6. The summed E-state index contributed by atoms with van der Waals surface area (Å²) in [6.07, 6.45) is 4.41. The zero-order valence-corrected chi connectivity index (χ0v) is 20.8. The summed E-state index contributed by atoms with van der Waals surface area (Å²) in [5, 5.41) is 1.13. The Morgan fingerprint density at radius 3 is 2.57 bits per heavy atom. The molecule has 37 heavy (non-hydrogen) atoms. The summed E-state index contributed by atoms with van der Waals surface area (Å²) in [4.78, 5) is 33.8. The van der Waals surface area contributed by atoms with Crippen LogP contribution in [0, 0.1) is 5.82 Å². The van der Waals surface area contributed by atoms with Gasteiger partial charge in [-0.25, -0.2) is 4.39 Å². The van der Waals surface area contributed by atoms with Crippen molar-refractivity contribution in [1.82, 2.24) is 14.8 Å². The lowest BCUT2D eigenvalue weighted by Gasteiger charge is -2.28. The molecule has 0 unspecified atom stereocenters. The van der Waals surface area contributed by atoms with E-state index in [4.69, 9.17) is 4.74 Å². The van der Waals surface area contributed by atoms with E-state index in [1.165, 1.54) is 12.1 Å². The van der Waals surface area contributed by atoms with Gasteiger partial charge in [-0.2, -0.15) is 0 Å². The molecule has 6 nitrogen and oxygen atoms in total. The maximum atomic E-state index is 13.7. The summed E-state index contributed by atoms with van der Waals surface area (Å²) in [6.45, 7) is 0.813. The molecule has 0 aliphatic heterocycles. The molecule has 1 N–H and O–H groups in total. The summed E-state index contributed by atoms with van der Waals surface area (Å²) in [6, 6.07) is 21.4. The van der Waals surface area contributed by atoms with Crippen LogP contribution in [-0.2, 0) is 17.8 Å². The molecule has 0 bridgehead atoms. The monoisotopic (exact) mass is 499 g/mol. The maximum absolute atomic E-state index is 13.7. The predicted octanol–water partition coefficient (Wildman–Crippen LogP) is 5.19. The number of ether oxygens (including phenoxy) is 1. The fourth-order valence-corrected chi connectivity index (χ4v) is 4.62. The second kappa shape index (κ2) is 10.9. The van der Waals surface area contributed by atoms with E-state index in [2.05, 4.69) is 11.1 Å². The molecule has 1 heterocycles. The summed E-state index contributed by atoms with van der Waals surface area (Å²) in [5.74, 6) is -0.0192. The SMILES string of the molecule is COc1cccc(C(=O)N(CC(=O)N(CCc2c[nH]c3ccccc23)Cc2ccc(F)cc2)C2CC2)c1. The van der Waals surface area contributed by atoms with Crippen molar-refractivity contribution >= 4 is 22.7 Å². The van der Waals surface area contributed by atoms with Crippen LogP contribution in [0.15, 0.2) is 79.0 Å². The van der Waals surface area contributed by atoms with Crippen LogP contribution in [0.5, 0.6) is 5.75 Å². The summed E-state index contributed by atoms with van der Waals surface area (Å²) in [5.41, 5.74) is 3.52. The van der Waals surface area contributed by atoms with Crippen LogP contribution in [0.3, 0.4) is 0 Å². The van der Waals surface area contributed by atoms with Crippen molar-refractivity contribution in [3.05, 3.63) is 102 Å². The molecule has 190 valence electrons. The van der Waals surface area contributed by atoms with Crippen molar-refractivity contribution in [2.45, 2.75) is 31.8 Å². The van der Waals surface area contributed by atoms with Gasteiger partial charge in [0.15, 0.2) is 0 Å². The molecule has 1 aliphatic carbocycles. The highest BCUT2D eigenvalue weighted by molar-refractivity contribution is 5.97. The molecule has 1 fully saturated rings. The smallest absolute Gasteiger partial charge is 0.254 e. The minimum absolute atomic E-state index is 0.00418. The number of rotatable bonds is 10. The van der Waals surface area contributed by atoms with Crippen LogP contribution in [0.25, 0.3) is 10.9 Å². The number of nitrogens with zero attached hydrogens (tertiary/aromatic N) is 2. The Morgan fingerprint density at radius 1 is 1.03 bits per heavy atom. The first-order valence-electron chi connectivity index (χ1n) is 12.5. The van der Waals surface area contributed by atoms with E-state index in [-0.39, 0.29) is 30.2 Å². The second-order valence-electron chi connectivity index (χ2n) is 9.45. The lowest BCUT2D eigenvalue weighted by molar-refractivity contribution is -0.132. The molecular weight excluding hydrogens is 469 g/mol. The highest BCUT2D eigenvalue weighted by Gasteiger charge is 2.35. The van der Waals surface area contributed by atoms with E-state index < -0.39 is 0 Å². The number of benzene rings is 3. The molecule has 1 aromatic heterocycles. The number of halogens is 1. The van der Waals surface area contributed by atoms with Crippen LogP contribution < -0.4 is 4.74 Å². The van der Waals surface area contributed by atoms with Crippen molar-refractivity contribution in [2.24, 2.45) is 0 Å². The molecule has 0 saturated heterocycles. The van der Waals surface area contributed by atoms with Gasteiger partial charge in [-0.15, -0.1) is 0 Å². The normalized spacial score (nSPS) is 12.9. The van der Waals surface area contributed by atoms with Gasteiger partial charge in [-0.05, 0) is 66.8 Å². The van der Waals surface area contributed by atoms with Gasteiger partial charge >= 0.3 is 0 Å². The summed E-state index contributed by atoms with van der Waals surface area (Å²) < 4.78 is 18.8. The number of nitrogens with one attached hydrogen (secondary N) is 1. The Kier molecular flexibility index (Phi) is 7.21. The molecule has 2 amide bonds. The molecule has 7 heteroatoms. The number of aromatic nitrogens is 1. The van der Waals surface area contributed by atoms with E-state index in [9.17, 15) is 14.0 Å². The number of H-pyrrole nitrogens is 1. The second-order valence-corrected chi connectivity index (χ2v) is 9.45. The Hall–Kier alpha value is -4.13. The van der Waals surface area contributed by atoms with Gasteiger partial charge < -0.3 is 19.5 Å². The predicted molar refractivity (Wildman–Crippen MR) is 141 cm³/mol. The Balaban J connectivity index is 1.35. The van der Waals surface area contributed by atoms with Gasteiger partial charge in [0.25, 0.3) is 5.91 Å². The maximum Gasteiger partial charge on any atom is 0.254 e. The quantitative estimate of drug-likeness (QED) is 0.327. The molecule has 5 rings (SSSR count). The number of hydrogen-bond donors (Lipinski definition) is 1. The van der Waals surface area contributed by atoms with Crippen molar-refractivity contribution in [3.63, 3.8) is 0 Å². The lowest BCUT2D eigenvalue weighted by Crippen LogP contribution is -2.44. The molecule has 0 atom stereocenters. The van der Waals surface area contributed by atoms with Crippen LogP contribution in [0.2, 0.25) is 0 Å². The molecule has 1 aliphatic rings. The Labute approximate surface area is 215 Å². The first-order valence-corrected chi connectivity index (χ1v) is 12.5. The highest BCUT2D eigenvalue weighted by atomic mass is 19.1. The van der Waals surface area contributed by atoms with E-state index in [1.54, 1.807) is 53.3 Å².